The number of likely N-dealkylation sites (tertiary alicyclic amines) is 1. The zero-order valence-corrected chi connectivity index (χ0v) is 10.6. The van der Waals surface area contributed by atoms with E-state index < -0.39 is 0 Å². The normalized spacial score (nSPS) is 34.3. The molecule has 0 aromatic rings. The maximum absolute atomic E-state index is 11.3. The first kappa shape index (κ1) is 11.3. The molecule has 2 saturated heterocycles. The van der Waals surface area contributed by atoms with Crippen LogP contribution in [0.1, 0.15) is 39.0 Å². The average Bonchev–Trinajstić information content (AvgIpc) is 2.59. The standard InChI is InChI=1S/C14H22N2O/c1-11(17)15-9-7-14(8-10-15)16-12-3-2-4-13(16)6-5-12/h2-3,12-14H,4-10H2,1H3. The minimum Gasteiger partial charge on any atom is -0.343 e. The summed E-state index contributed by atoms with van der Waals surface area (Å²) in [6.07, 6.45) is 11.0. The van der Waals surface area contributed by atoms with Crippen LogP contribution in [0.2, 0.25) is 0 Å². The van der Waals surface area contributed by atoms with E-state index in [2.05, 4.69) is 17.1 Å². The molecule has 0 radical (unpaired) electrons. The van der Waals surface area contributed by atoms with Gasteiger partial charge in [0, 0.05) is 38.1 Å². The van der Waals surface area contributed by atoms with E-state index in [9.17, 15) is 4.79 Å². The van der Waals surface area contributed by atoms with Crippen molar-refractivity contribution < 1.29 is 4.79 Å². The number of carbonyl (C=O) groups excluding carboxylic acids is 1. The maximum Gasteiger partial charge on any atom is 0.219 e. The molecule has 2 unspecified atom stereocenters. The Balaban J connectivity index is 1.64. The Bertz CT molecular complexity index is 331. The van der Waals surface area contributed by atoms with Gasteiger partial charge in [0.1, 0.15) is 0 Å². The van der Waals surface area contributed by atoms with Crippen LogP contribution in [0.5, 0.6) is 0 Å². The van der Waals surface area contributed by atoms with Crippen LogP contribution in [-0.4, -0.2) is 46.9 Å². The van der Waals surface area contributed by atoms with Crippen LogP contribution in [-0.2, 0) is 4.79 Å². The summed E-state index contributed by atoms with van der Waals surface area (Å²) in [5, 5.41) is 0. The molecule has 0 aromatic carbocycles. The summed E-state index contributed by atoms with van der Waals surface area (Å²) in [5.74, 6) is 0.241. The Labute approximate surface area is 103 Å². The van der Waals surface area contributed by atoms with E-state index in [4.69, 9.17) is 0 Å². The molecule has 0 saturated carbocycles. The van der Waals surface area contributed by atoms with Crippen LogP contribution < -0.4 is 0 Å². The quantitative estimate of drug-likeness (QED) is 0.646. The second kappa shape index (κ2) is 4.45. The lowest BCUT2D eigenvalue weighted by Gasteiger charge is -2.42. The zero-order chi connectivity index (χ0) is 11.8. The van der Waals surface area contributed by atoms with Gasteiger partial charge in [0.05, 0.1) is 0 Å². The van der Waals surface area contributed by atoms with Crippen LogP contribution >= 0.6 is 0 Å². The minimum absolute atomic E-state index is 0.241. The first-order chi connectivity index (χ1) is 8.25. The Morgan fingerprint density at radius 2 is 1.88 bits per heavy atom. The number of carbonyl (C=O) groups is 1. The second-order valence-corrected chi connectivity index (χ2v) is 5.65. The smallest absolute Gasteiger partial charge is 0.219 e. The van der Waals surface area contributed by atoms with Crippen molar-refractivity contribution in [3.8, 4) is 0 Å². The molecule has 0 aliphatic carbocycles. The van der Waals surface area contributed by atoms with Crippen molar-refractivity contribution in [3.05, 3.63) is 12.2 Å². The number of piperidine rings is 1. The predicted molar refractivity (Wildman–Crippen MR) is 67.7 cm³/mol. The first-order valence-corrected chi connectivity index (χ1v) is 6.95. The number of fused-ring (bicyclic) bond motifs is 2. The molecule has 2 fully saturated rings. The van der Waals surface area contributed by atoms with Gasteiger partial charge in [0.15, 0.2) is 0 Å². The van der Waals surface area contributed by atoms with Gasteiger partial charge < -0.3 is 4.90 Å². The van der Waals surface area contributed by atoms with E-state index in [0.717, 1.165) is 19.1 Å². The molecule has 2 bridgehead atoms. The van der Waals surface area contributed by atoms with E-state index in [0.29, 0.717) is 12.1 Å². The third-order valence-corrected chi connectivity index (χ3v) is 4.70. The highest BCUT2D eigenvalue weighted by molar-refractivity contribution is 5.73. The summed E-state index contributed by atoms with van der Waals surface area (Å²) in [6, 6.07) is 2.20. The van der Waals surface area contributed by atoms with Crippen molar-refractivity contribution in [2.24, 2.45) is 0 Å². The molecule has 3 aliphatic heterocycles. The molecule has 3 heteroatoms. The molecular weight excluding hydrogens is 212 g/mol. The van der Waals surface area contributed by atoms with Crippen molar-refractivity contribution >= 4 is 5.91 Å². The van der Waals surface area contributed by atoms with Crippen molar-refractivity contribution in [2.45, 2.75) is 57.2 Å². The van der Waals surface area contributed by atoms with E-state index in [-0.39, 0.29) is 5.91 Å². The molecule has 2 atom stereocenters. The van der Waals surface area contributed by atoms with E-state index in [1.54, 1.807) is 6.92 Å². The molecule has 3 aliphatic rings. The van der Waals surface area contributed by atoms with Crippen molar-refractivity contribution in [1.82, 2.24) is 9.80 Å². The first-order valence-electron chi connectivity index (χ1n) is 6.95. The van der Waals surface area contributed by atoms with Gasteiger partial charge in [-0.2, -0.15) is 0 Å². The summed E-state index contributed by atoms with van der Waals surface area (Å²) in [6.45, 7) is 3.60. The lowest BCUT2D eigenvalue weighted by atomic mass is 9.98. The van der Waals surface area contributed by atoms with Gasteiger partial charge in [0.2, 0.25) is 5.91 Å². The lowest BCUT2D eigenvalue weighted by molar-refractivity contribution is -0.130. The van der Waals surface area contributed by atoms with Gasteiger partial charge in [-0.1, -0.05) is 12.2 Å². The average molecular weight is 234 g/mol. The molecular formula is C14H22N2O. The molecule has 17 heavy (non-hydrogen) atoms. The van der Waals surface area contributed by atoms with E-state index in [1.165, 1.54) is 32.1 Å². The molecule has 0 aromatic heterocycles. The second-order valence-electron chi connectivity index (χ2n) is 5.65. The van der Waals surface area contributed by atoms with Crippen LogP contribution in [0.4, 0.5) is 0 Å². The minimum atomic E-state index is 0.241. The fourth-order valence-electron chi connectivity index (χ4n) is 3.81. The molecule has 0 N–H and O–H groups in total. The van der Waals surface area contributed by atoms with Crippen LogP contribution in [0.3, 0.4) is 0 Å². The van der Waals surface area contributed by atoms with Gasteiger partial charge in [0.25, 0.3) is 0 Å². The number of rotatable bonds is 1. The van der Waals surface area contributed by atoms with Gasteiger partial charge in [-0.05, 0) is 32.1 Å². The molecule has 1 amide bonds. The summed E-state index contributed by atoms with van der Waals surface area (Å²) in [4.78, 5) is 16.1. The highest BCUT2D eigenvalue weighted by Gasteiger charge is 2.39. The Morgan fingerprint density at radius 1 is 1.12 bits per heavy atom. The number of hydrogen-bond acceptors (Lipinski definition) is 2. The number of nitrogens with zero attached hydrogens (tertiary/aromatic N) is 2. The highest BCUT2D eigenvalue weighted by Crippen LogP contribution is 2.35. The third kappa shape index (κ3) is 2.01. The van der Waals surface area contributed by atoms with Crippen LogP contribution in [0.15, 0.2) is 12.2 Å². The Morgan fingerprint density at radius 3 is 2.53 bits per heavy atom. The fraction of sp³-hybridized carbons (Fsp3) is 0.786. The summed E-state index contributed by atoms with van der Waals surface area (Å²) < 4.78 is 0. The molecule has 0 spiro atoms. The maximum atomic E-state index is 11.3. The Kier molecular flexibility index (Phi) is 2.95. The van der Waals surface area contributed by atoms with Gasteiger partial charge in [-0.15, -0.1) is 0 Å². The molecule has 94 valence electrons. The van der Waals surface area contributed by atoms with Gasteiger partial charge >= 0.3 is 0 Å². The molecule has 3 nitrogen and oxygen atoms in total. The molecule has 3 heterocycles. The van der Waals surface area contributed by atoms with Crippen LogP contribution in [0.25, 0.3) is 0 Å². The van der Waals surface area contributed by atoms with Crippen molar-refractivity contribution in [3.63, 3.8) is 0 Å². The predicted octanol–water partition coefficient (Wildman–Crippen LogP) is 1.79. The van der Waals surface area contributed by atoms with Crippen molar-refractivity contribution in [1.29, 1.82) is 0 Å². The van der Waals surface area contributed by atoms with E-state index >= 15 is 0 Å². The largest absolute Gasteiger partial charge is 0.343 e. The van der Waals surface area contributed by atoms with E-state index in [1.807, 2.05) is 4.90 Å². The van der Waals surface area contributed by atoms with Gasteiger partial charge in [-0.25, -0.2) is 0 Å². The fourth-order valence-corrected chi connectivity index (χ4v) is 3.81. The zero-order valence-electron chi connectivity index (χ0n) is 10.6. The number of amides is 1. The summed E-state index contributed by atoms with van der Waals surface area (Å²) in [7, 11) is 0. The summed E-state index contributed by atoms with van der Waals surface area (Å²) >= 11 is 0. The third-order valence-electron chi connectivity index (χ3n) is 4.70. The topological polar surface area (TPSA) is 23.6 Å². The number of hydrogen-bond donors (Lipinski definition) is 0. The highest BCUT2D eigenvalue weighted by atomic mass is 16.2. The van der Waals surface area contributed by atoms with Gasteiger partial charge in [-0.3, -0.25) is 9.69 Å². The van der Waals surface area contributed by atoms with Crippen molar-refractivity contribution in [2.75, 3.05) is 13.1 Å². The monoisotopic (exact) mass is 234 g/mol. The van der Waals surface area contributed by atoms with Crippen LogP contribution in [0, 0.1) is 0 Å². The Hall–Kier alpha value is -0.830. The summed E-state index contributed by atoms with van der Waals surface area (Å²) in [5.41, 5.74) is 0. The SMILES string of the molecule is CC(=O)N1CCC(N2C3C=CCC2CC3)CC1. The lowest BCUT2D eigenvalue weighted by Crippen LogP contribution is -2.50. The molecule has 3 rings (SSSR count).